The average molecular weight is 236 g/mol. The fraction of sp³-hybridized carbons (Fsp3) is 0.364. The second-order valence-electron chi connectivity index (χ2n) is 3.55. The number of rotatable bonds is 2. The number of ether oxygens (including phenoxy) is 1. The molecule has 0 spiro atoms. The highest BCUT2D eigenvalue weighted by atomic mass is 16.5. The maximum atomic E-state index is 11.6. The molecule has 2 rings (SSSR count). The summed E-state index contributed by atoms with van der Waals surface area (Å²) in [4.78, 5) is 26.6. The molecule has 2 aromatic heterocycles. The predicted octanol–water partition coefficient (Wildman–Crippen LogP) is 0.945. The van der Waals surface area contributed by atoms with Gasteiger partial charge in [-0.15, -0.1) is 0 Å². The molecule has 90 valence electrons. The average Bonchev–Trinajstić information content (AvgIpc) is 2.63. The minimum atomic E-state index is -0.592. The molecule has 0 N–H and O–H groups in total. The van der Waals surface area contributed by atoms with E-state index in [1.807, 2.05) is 6.92 Å². The number of carbonyl (C=O) groups is 1. The zero-order valence-electron chi connectivity index (χ0n) is 9.81. The largest absolute Gasteiger partial charge is 0.464 e. The van der Waals surface area contributed by atoms with Crippen LogP contribution in [0.1, 0.15) is 28.9 Å². The maximum Gasteiger partial charge on any atom is 0.355 e. The molecule has 0 radical (unpaired) electrons. The minimum Gasteiger partial charge on any atom is -0.464 e. The lowest BCUT2D eigenvalue weighted by Crippen LogP contribution is -2.16. The monoisotopic (exact) mass is 236 g/mol. The van der Waals surface area contributed by atoms with Crippen LogP contribution in [-0.4, -0.2) is 22.5 Å². The Morgan fingerprint density at radius 2 is 2.29 bits per heavy atom. The first-order valence-corrected chi connectivity index (χ1v) is 5.18. The van der Waals surface area contributed by atoms with Crippen molar-refractivity contribution in [1.29, 1.82) is 0 Å². The van der Waals surface area contributed by atoms with Crippen LogP contribution in [0.4, 0.5) is 0 Å². The zero-order chi connectivity index (χ0) is 12.6. The van der Waals surface area contributed by atoms with Gasteiger partial charge in [0.2, 0.25) is 0 Å². The van der Waals surface area contributed by atoms with Crippen LogP contribution in [0.5, 0.6) is 0 Å². The molecule has 6 nitrogen and oxygen atoms in total. The molecule has 0 aliphatic carbocycles. The molecule has 0 fully saturated rings. The quantitative estimate of drug-likeness (QED) is 0.725. The van der Waals surface area contributed by atoms with Crippen molar-refractivity contribution < 1.29 is 13.9 Å². The molecule has 0 aromatic carbocycles. The summed E-state index contributed by atoms with van der Waals surface area (Å²) in [6.45, 7) is 3.72. The van der Waals surface area contributed by atoms with Gasteiger partial charge < -0.3 is 9.15 Å². The number of aromatic nitrogens is 2. The SMILES string of the molecule is CCc1oc2nc(=O)cc(C(=O)OC)n2c1C. The van der Waals surface area contributed by atoms with Crippen molar-refractivity contribution in [3.8, 4) is 0 Å². The zero-order valence-corrected chi connectivity index (χ0v) is 9.81. The van der Waals surface area contributed by atoms with Crippen LogP contribution >= 0.6 is 0 Å². The van der Waals surface area contributed by atoms with E-state index in [4.69, 9.17) is 4.42 Å². The molecule has 0 amide bonds. The molecule has 0 unspecified atom stereocenters. The van der Waals surface area contributed by atoms with Gasteiger partial charge in [0.1, 0.15) is 11.5 Å². The fourth-order valence-corrected chi connectivity index (χ4v) is 1.75. The third-order valence-electron chi connectivity index (χ3n) is 2.57. The summed E-state index contributed by atoms with van der Waals surface area (Å²) in [7, 11) is 1.26. The van der Waals surface area contributed by atoms with E-state index >= 15 is 0 Å². The number of hydrogen-bond acceptors (Lipinski definition) is 5. The Morgan fingerprint density at radius 3 is 2.88 bits per heavy atom. The van der Waals surface area contributed by atoms with Gasteiger partial charge in [-0.3, -0.25) is 9.20 Å². The van der Waals surface area contributed by atoms with E-state index in [1.54, 1.807) is 6.92 Å². The molecule has 0 saturated heterocycles. The predicted molar refractivity (Wildman–Crippen MR) is 59.2 cm³/mol. The van der Waals surface area contributed by atoms with Crippen molar-refractivity contribution in [2.75, 3.05) is 7.11 Å². The lowest BCUT2D eigenvalue weighted by molar-refractivity contribution is 0.0591. The van der Waals surface area contributed by atoms with Crippen molar-refractivity contribution in [3.63, 3.8) is 0 Å². The standard InChI is InChI=1S/C11H12N2O4/c1-4-8-6(2)13-7(10(15)16-3)5-9(14)12-11(13)17-8/h5H,4H2,1-3H3. The summed E-state index contributed by atoms with van der Waals surface area (Å²) >= 11 is 0. The lowest BCUT2D eigenvalue weighted by atomic mass is 10.3. The maximum absolute atomic E-state index is 11.6. The van der Waals surface area contributed by atoms with Crippen molar-refractivity contribution in [2.45, 2.75) is 20.3 Å². The minimum absolute atomic E-state index is 0.118. The first-order valence-electron chi connectivity index (χ1n) is 5.18. The third kappa shape index (κ3) is 1.71. The highest BCUT2D eigenvalue weighted by Gasteiger charge is 2.18. The van der Waals surface area contributed by atoms with Crippen LogP contribution < -0.4 is 5.56 Å². The topological polar surface area (TPSA) is 73.8 Å². The number of methoxy groups -OCH3 is 1. The van der Waals surface area contributed by atoms with E-state index in [-0.39, 0.29) is 11.5 Å². The van der Waals surface area contributed by atoms with Gasteiger partial charge in [-0.05, 0) is 6.92 Å². The molecule has 0 saturated carbocycles. The Bertz CT molecular complexity index is 639. The van der Waals surface area contributed by atoms with E-state index in [1.165, 1.54) is 11.5 Å². The van der Waals surface area contributed by atoms with Crippen LogP contribution in [0.2, 0.25) is 0 Å². The highest BCUT2D eigenvalue weighted by Crippen LogP contribution is 2.16. The summed E-state index contributed by atoms with van der Waals surface area (Å²) in [5.41, 5.74) is 0.348. The second-order valence-corrected chi connectivity index (χ2v) is 3.55. The van der Waals surface area contributed by atoms with Gasteiger partial charge in [-0.1, -0.05) is 6.92 Å². The molecular weight excluding hydrogens is 224 g/mol. The van der Waals surface area contributed by atoms with E-state index in [0.29, 0.717) is 12.2 Å². The van der Waals surface area contributed by atoms with Crippen LogP contribution in [0.25, 0.3) is 5.84 Å². The summed E-state index contributed by atoms with van der Waals surface area (Å²) in [5, 5.41) is 0. The Morgan fingerprint density at radius 1 is 1.59 bits per heavy atom. The van der Waals surface area contributed by atoms with Crippen LogP contribution in [0.15, 0.2) is 15.3 Å². The van der Waals surface area contributed by atoms with Crippen LogP contribution in [0, 0.1) is 6.92 Å². The molecule has 6 heteroatoms. The Hall–Kier alpha value is -2.11. The molecule has 0 aliphatic rings. The first-order chi connectivity index (χ1) is 8.08. The Balaban J connectivity index is 2.86. The molecule has 2 aromatic rings. The number of carbonyl (C=O) groups excluding carboxylic acids is 1. The molecule has 2 heterocycles. The summed E-state index contributed by atoms with van der Waals surface area (Å²) < 4.78 is 11.5. The van der Waals surface area contributed by atoms with Gasteiger partial charge in [0.15, 0.2) is 0 Å². The first kappa shape index (κ1) is 11.4. The molecule has 0 bridgehead atoms. The van der Waals surface area contributed by atoms with E-state index in [2.05, 4.69) is 9.72 Å². The smallest absolute Gasteiger partial charge is 0.355 e. The Labute approximate surface area is 96.8 Å². The number of hydrogen-bond donors (Lipinski definition) is 0. The van der Waals surface area contributed by atoms with E-state index in [9.17, 15) is 9.59 Å². The van der Waals surface area contributed by atoms with Crippen molar-refractivity contribution in [1.82, 2.24) is 9.38 Å². The summed E-state index contributed by atoms with van der Waals surface area (Å²) in [6, 6.07) is 1.14. The summed E-state index contributed by atoms with van der Waals surface area (Å²) in [5.74, 6) is 0.214. The number of aryl methyl sites for hydroxylation is 2. The lowest BCUT2D eigenvalue weighted by Gasteiger charge is -2.02. The molecular formula is C11H12N2O4. The normalized spacial score (nSPS) is 10.8. The van der Waals surface area contributed by atoms with Gasteiger partial charge in [-0.2, -0.15) is 4.98 Å². The number of esters is 1. The number of oxazole rings is 1. The van der Waals surface area contributed by atoms with E-state index in [0.717, 1.165) is 11.8 Å². The molecule has 0 aliphatic heterocycles. The number of fused-ring (bicyclic) bond motifs is 1. The van der Waals surface area contributed by atoms with Gasteiger partial charge >= 0.3 is 11.8 Å². The molecule has 17 heavy (non-hydrogen) atoms. The van der Waals surface area contributed by atoms with Crippen molar-refractivity contribution >= 4 is 11.8 Å². The molecule has 0 atom stereocenters. The highest BCUT2D eigenvalue weighted by molar-refractivity contribution is 5.88. The van der Waals surface area contributed by atoms with Gasteiger partial charge in [0, 0.05) is 12.5 Å². The van der Waals surface area contributed by atoms with Gasteiger partial charge in [0.05, 0.1) is 12.8 Å². The van der Waals surface area contributed by atoms with Crippen molar-refractivity contribution in [3.05, 3.63) is 33.6 Å². The van der Waals surface area contributed by atoms with E-state index < -0.39 is 11.5 Å². The van der Waals surface area contributed by atoms with Gasteiger partial charge in [-0.25, -0.2) is 4.79 Å². The summed E-state index contributed by atoms with van der Waals surface area (Å²) in [6.07, 6.45) is 0.657. The second kappa shape index (κ2) is 4.04. The van der Waals surface area contributed by atoms with Crippen molar-refractivity contribution in [2.24, 2.45) is 0 Å². The fourth-order valence-electron chi connectivity index (χ4n) is 1.75. The van der Waals surface area contributed by atoms with Crippen LogP contribution in [0.3, 0.4) is 0 Å². The van der Waals surface area contributed by atoms with Gasteiger partial charge in [0.25, 0.3) is 5.56 Å². The third-order valence-corrected chi connectivity index (χ3v) is 2.57. The number of nitrogens with zero attached hydrogens (tertiary/aromatic N) is 2. The Kier molecular flexibility index (Phi) is 2.71. The van der Waals surface area contributed by atoms with Crippen LogP contribution in [-0.2, 0) is 11.2 Å².